The van der Waals surface area contributed by atoms with Gasteiger partial charge in [0.1, 0.15) is 12.4 Å². The van der Waals surface area contributed by atoms with Gasteiger partial charge in [0.2, 0.25) is 0 Å². The van der Waals surface area contributed by atoms with Crippen molar-refractivity contribution < 1.29 is 23.7 Å². The van der Waals surface area contributed by atoms with Crippen LogP contribution in [0.5, 0.6) is 23.1 Å². The zero-order valence-corrected chi connectivity index (χ0v) is 15.6. The highest BCUT2D eigenvalue weighted by molar-refractivity contribution is 5.94. The summed E-state index contributed by atoms with van der Waals surface area (Å²) in [4.78, 5) is 20.6. The van der Waals surface area contributed by atoms with E-state index in [1.165, 1.54) is 0 Å². The second-order valence-corrected chi connectivity index (χ2v) is 7.01. The van der Waals surface area contributed by atoms with E-state index in [0.717, 1.165) is 17.7 Å². The molecular weight excluding hydrogens is 390 g/mol. The molecule has 0 saturated carbocycles. The second kappa shape index (κ2) is 6.55. The molecular formula is C20H15N5O5. The molecule has 0 bridgehead atoms. The summed E-state index contributed by atoms with van der Waals surface area (Å²) in [5.41, 5.74) is 3.07. The van der Waals surface area contributed by atoms with Gasteiger partial charge in [0.05, 0.1) is 36.0 Å². The van der Waals surface area contributed by atoms with Crippen molar-refractivity contribution in [2.75, 3.05) is 25.1 Å². The topological polar surface area (TPSA) is 118 Å². The van der Waals surface area contributed by atoms with Gasteiger partial charge in [-0.1, -0.05) is 0 Å². The molecule has 1 atom stereocenters. The number of carbonyl (C=O) groups is 1. The van der Waals surface area contributed by atoms with Gasteiger partial charge in [-0.3, -0.25) is 9.78 Å². The molecule has 0 aromatic carbocycles. The number of pyridine rings is 2. The van der Waals surface area contributed by atoms with Crippen LogP contribution in [0, 0.1) is 0 Å². The van der Waals surface area contributed by atoms with Gasteiger partial charge in [-0.15, -0.1) is 5.10 Å². The molecule has 6 heterocycles. The van der Waals surface area contributed by atoms with Gasteiger partial charge in [0, 0.05) is 12.0 Å². The normalized spacial score (nSPS) is 18.5. The van der Waals surface area contributed by atoms with E-state index in [1.807, 2.05) is 6.07 Å². The quantitative estimate of drug-likeness (QED) is 0.680. The number of hydrogen-bond acceptors (Lipinski definition) is 9. The molecule has 150 valence electrons. The van der Waals surface area contributed by atoms with Gasteiger partial charge in [-0.2, -0.15) is 5.10 Å². The molecule has 3 aliphatic rings. The molecule has 0 aliphatic carbocycles. The zero-order valence-electron chi connectivity index (χ0n) is 15.6. The first-order chi connectivity index (χ1) is 14.7. The first-order valence-corrected chi connectivity index (χ1v) is 9.45. The van der Waals surface area contributed by atoms with E-state index in [9.17, 15) is 4.79 Å². The van der Waals surface area contributed by atoms with Crippen LogP contribution in [0.4, 0.5) is 5.82 Å². The number of aromatic nitrogens is 4. The van der Waals surface area contributed by atoms with Crippen LogP contribution in [0.15, 0.2) is 30.6 Å². The summed E-state index contributed by atoms with van der Waals surface area (Å²) < 4.78 is 22.9. The van der Waals surface area contributed by atoms with Crippen molar-refractivity contribution in [1.29, 1.82) is 0 Å². The lowest BCUT2D eigenvalue weighted by molar-refractivity contribution is -0.118. The van der Waals surface area contributed by atoms with Crippen molar-refractivity contribution in [3.05, 3.63) is 41.9 Å². The average Bonchev–Trinajstić information content (AvgIpc) is 3.25. The third-order valence-electron chi connectivity index (χ3n) is 5.09. The van der Waals surface area contributed by atoms with Gasteiger partial charge in [0.25, 0.3) is 11.8 Å². The average molecular weight is 405 g/mol. The Balaban J connectivity index is 1.35. The molecule has 10 nitrogen and oxygen atoms in total. The van der Waals surface area contributed by atoms with E-state index in [-0.39, 0.29) is 19.1 Å². The Morgan fingerprint density at radius 3 is 3.03 bits per heavy atom. The standard InChI is InChI=1S/C20H15N5O5/c26-17-9-28-14-2-1-12(23-19(14)24-17)16-8-29-20-18(30-16)11(6-22-25-20)13-5-10-3-4-27-15(10)7-21-13/h1-2,5-7,16H,3-4,8-9H2,(H,23,24,26). The van der Waals surface area contributed by atoms with E-state index in [2.05, 4.69) is 25.5 Å². The third-order valence-corrected chi connectivity index (χ3v) is 5.09. The number of amides is 1. The molecule has 6 rings (SSSR count). The van der Waals surface area contributed by atoms with Crippen LogP contribution in [0.1, 0.15) is 17.4 Å². The minimum absolute atomic E-state index is 0.0225. The molecule has 1 amide bonds. The van der Waals surface area contributed by atoms with Gasteiger partial charge in [-0.05, 0) is 18.2 Å². The summed E-state index contributed by atoms with van der Waals surface area (Å²) in [5.74, 6) is 2.19. The van der Waals surface area contributed by atoms with Crippen LogP contribution in [0.3, 0.4) is 0 Å². The Hall–Kier alpha value is -3.95. The number of nitrogens with zero attached hydrogens (tertiary/aromatic N) is 4. The van der Waals surface area contributed by atoms with E-state index < -0.39 is 6.10 Å². The van der Waals surface area contributed by atoms with Crippen molar-refractivity contribution in [2.24, 2.45) is 0 Å². The maximum atomic E-state index is 11.6. The van der Waals surface area contributed by atoms with Crippen LogP contribution >= 0.6 is 0 Å². The molecule has 3 aromatic heterocycles. The second-order valence-electron chi connectivity index (χ2n) is 7.01. The highest BCUT2D eigenvalue weighted by atomic mass is 16.6. The van der Waals surface area contributed by atoms with Crippen LogP contribution in [0.25, 0.3) is 11.3 Å². The summed E-state index contributed by atoms with van der Waals surface area (Å²) in [6, 6.07) is 5.51. The van der Waals surface area contributed by atoms with E-state index in [4.69, 9.17) is 18.9 Å². The molecule has 1 N–H and O–H groups in total. The molecule has 0 radical (unpaired) electrons. The van der Waals surface area contributed by atoms with Crippen LogP contribution in [-0.4, -0.2) is 45.9 Å². The van der Waals surface area contributed by atoms with Gasteiger partial charge in [0.15, 0.2) is 30.0 Å². The fourth-order valence-corrected chi connectivity index (χ4v) is 3.61. The number of ether oxygens (including phenoxy) is 4. The smallest absolute Gasteiger partial charge is 0.277 e. The van der Waals surface area contributed by atoms with Crippen LogP contribution < -0.4 is 24.3 Å². The fraction of sp³-hybridized carbons (Fsp3) is 0.250. The minimum atomic E-state index is -0.498. The lowest BCUT2D eigenvalue weighted by Gasteiger charge is -2.27. The molecule has 30 heavy (non-hydrogen) atoms. The number of rotatable bonds is 2. The fourth-order valence-electron chi connectivity index (χ4n) is 3.61. The number of carbonyl (C=O) groups excluding carboxylic acids is 1. The first kappa shape index (κ1) is 17.0. The maximum absolute atomic E-state index is 11.6. The molecule has 3 aliphatic heterocycles. The maximum Gasteiger partial charge on any atom is 0.277 e. The van der Waals surface area contributed by atoms with Crippen molar-refractivity contribution in [3.8, 4) is 34.4 Å². The summed E-state index contributed by atoms with van der Waals surface area (Å²) in [7, 11) is 0. The Morgan fingerprint density at radius 1 is 1.10 bits per heavy atom. The number of nitrogens with one attached hydrogen (secondary N) is 1. The van der Waals surface area contributed by atoms with Crippen LogP contribution in [0.2, 0.25) is 0 Å². The predicted octanol–water partition coefficient (Wildman–Crippen LogP) is 1.71. The molecule has 0 spiro atoms. The molecule has 1 unspecified atom stereocenters. The minimum Gasteiger partial charge on any atom is -0.491 e. The summed E-state index contributed by atoms with van der Waals surface area (Å²) in [5, 5.41) is 10.8. The highest BCUT2D eigenvalue weighted by Gasteiger charge is 2.30. The lowest BCUT2D eigenvalue weighted by Crippen LogP contribution is -2.28. The summed E-state index contributed by atoms with van der Waals surface area (Å²) >= 11 is 0. The van der Waals surface area contributed by atoms with Gasteiger partial charge in [-0.25, -0.2) is 4.98 Å². The van der Waals surface area contributed by atoms with Gasteiger partial charge < -0.3 is 24.3 Å². The van der Waals surface area contributed by atoms with E-state index >= 15 is 0 Å². The Morgan fingerprint density at radius 2 is 2.07 bits per heavy atom. The van der Waals surface area contributed by atoms with Crippen molar-refractivity contribution in [2.45, 2.75) is 12.5 Å². The van der Waals surface area contributed by atoms with Crippen LogP contribution in [-0.2, 0) is 11.2 Å². The number of hydrogen-bond donors (Lipinski definition) is 1. The Labute approximate surface area is 170 Å². The zero-order chi connectivity index (χ0) is 20.1. The highest BCUT2D eigenvalue weighted by Crippen LogP contribution is 2.42. The largest absolute Gasteiger partial charge is 0.491 e. The number of fused-ring (bicyclic) bond motifs is 3. The third kappa shape index (κ3) is 2.76. The van der Waals surface area contributed by atoms with Crippen molar-refractivity contribution in [3.63, 3.8) is 0 Å². The molecule has 3 aromatic rings. The lowest BCUT2D eigenvalue weighted by atomic mass is 10.1. The summed E-state index contributed by atoms with van der Waals surface area (Å²) in [6.45, 7) is 0.835. The Bertz CT molecular complexity index is 1180. The van der Waals surface area contributed by atoms with E-state index in [0.29, 0.717) is 46.8 Å². The first-order valence-electron chi connectivity index (χ1n) is 9.45. The SMILES string of the molecule is O=C1COc2ccc(C3COc4nncc(-c5cc6c(cn5)OCC6)c4O3)nc2N1. The van der Waals surface area contributed by atoms with Crippen molar-refractivity contribution >= 4 is 11.7 Å². The summed E-state index contributed by atoms with van der Waals surface area (Å²) in [6.07, 6.45) is 3.64. The number of anilines is 1. The van der Waals surface area contributed by atoms with Crippen molar-refractivity contribution in [1.82, 2.24) is 20.2 Å². The van der Waals surface area contributed by atoms with E-state index in [1.54, 1.807) is 24.5 Å². The van der Waals surface area contributed by atoms with Gasteiger partial charge >= 0.3 is 0 Å². The monoisotopic (exact) mass is 405 g/mol. The molecule has 10 heteroatoms. The molecule has 0 fully saturated rings. The predicted molar refractivity (Wildman–Crippen MR) is 102 cm³/mol. The molecule has 0 saturated heterocycles. The Kier molecular flexibility index (Phi) is 3.70.